The summed E-state index contributed by atoms with van der Waals surface area (Å²) in [5, 5.41) is 27.9. The van der Waals surface area contributed by atoms with Gasteiger partial charge in [0, 0.05) is 10.8 Å². The molecule has 0 aromatic heterocycles. The Bertz CT molecular complexity index is 1950. The van der Waals surface area contributed by atoms with Crippen LogP contribution in [0.1, 0.15) is 11.1 Å². The Hall–Kier alpha value is -2.62. The molecular formula is C28H18N2Na2O8S2. The van der Waals surface area contributed by atoms with E-state index in [1.54, 1.807) is 24.3 Å². The molecule has 5 aromatic carbocycles. The van der Waals surface area contributed by atoms with E-state index in [0.717, 1.165) is 0 Å². The Balaban J connectivity index is 0.00000242. The summed E-state index contributed by atoms with van der Waals surface area (Å²) in [6.45, 7) is 0. The molecule has 202 valence electrons. The van der Waals surface area contributed by atoms with Gasteiger partial charge in [-0.2, -0.15) is 16.8 Å². The van der Waals surface area contributed by atoms with Crippen molar-refractivity contribution < 1.29 is 95.3 Å². The molecule has 2 N–H and O–H groups in total. The Morgan fingerprint density at radius 3 is 1.31 bits per heavy atom. The Morgan fingerprint density at radius 1 is 0.548 bits per heavy atom. The molecule has 0 saturated heterocycles. The van der Waals surface area contributed by atoms with E-state index in [2.05, 4.69) is 9.98 Å². The quantitative estimate of drug-likeness (QED) is 0.0896. The van der Waals surface area contributed by atoms with Crippen molar-refractivity contribution in [2.24, 2.45) is 9.98 Å². The van der Waals surface area contributed by atoms with Gasteiger partial charge in [0.15, 0.2) is 0 Å². The Morgan fingerprint density at radius 2 is 0.929 bits per heavy atom. The molecule has 0 aliphatic carbocycles. The number of nitrogens with zero attached hydrogens (tertiary/aromatic N) is 2. The van der Waals surface area contributed by atoms with Crippen LogP contribution in [-0.4, -0.2) is 37.7 Å². The fraction of sp³-hybridized carbons (Fsp3) is 0. The van der Waals surface area contributed by atoms with Crippen LogP contribution < -0.4 is 69.3 Å². The maximum atomic E-state index is 13.0. The average Bonchev–Trinajstić information content (AvgIpc) is 2.92. The van der Waals surface area contributed by atoms with Gasteiger partial charge in [0.25, 0.3) is 20.2 Å². The molecule has 5 aromatic rings. The zero-order valence-corrected chi connectivity index (χ0v) is 27.9. The molecule has 0 spiro atoms. The minimum absolute atomic E-state index is 0. The first-order chi connectivity index (χ1) is 18.9. The molecular weight excluding hydrogens is 602 g/mol. The first-order valence-electron chi connectivity index (χ1n) is 11.5. The Kier molecular flexibility index (Phi) is 10.8. The number of rotatable bonds is 6. The van der Waals surface area contributed by atoms with Crippen LogP contribution in [0.15, 0.2) is 117 Å². The van der Waals surface area contributed by atoms with Crippen molar-refractivity contribution in [1.82, 2.24) is 0 Å². The second kappa shape index (κ2) is 13.3. The van der Waals surface area contributed by atoms with Gasteiger partial charge in [-0.15, -0.1) is 0 Å². The molecule has 0 fully saturated rings. The molecule has 0 heterocycles. The SMILES string of the molecule is O=S(=O)(O)c1ccc2cccc(N=C([O-])c3cccc(C([O-])=Nc4cccc5ccc(S(=O)(=O)O)cc45)c3)c2c1.[Na+].[Na+]. The summed E-state index contributed by atoms with van der Waals surface area (Å²) in [7, 11) is -8.95. The topological polar surface area (TPSA) is 180 Å². The number of hydrogen-bond donors (Lipinski definition) is 2. The van der Waals surface area contributed by atoms with Crippen LogP contribution in [-0.2, 0) is 20.2 Å². The van der Waals surface area contributed by atoms with E-state index in [0.29, 0.717) is 21.5 Å². The van der Waals surface area contributed by atoms with Crippen molar-refractivity contribution in [2.75, 3.05) is 0 Å². The molecule has 0 aliphatic rings. The normalized spacial score (nSPS) is 12.5. The third-order valence-electron chi connectivity index (χ3n) is 6.06. The maximum absolute atomic E-state index is 13.0. The monoisotopic (exact) mass is 620 g/mol. The van der Waals surface area contributed by atoms with Gasteiger partial charge in [0.05, 0.1) is 21.2 Å². The minimum atomic E-state index is -4.47. The fourth-order valence-electron chi connectivity index (χ4n) is 4.12. The van der Waals surface area contributed by atoms with Crippen LogP contribution in [0, 0.1) is 0 Å². The second-order valence-electron chi connectivity index (χ2n) is 8.69. The van der Waals surface area contributed by atoms with Crippen LogP contribution >= 0.6 is 0 Å². The maximum Gasteiger partial charge on any atom is 1.00 e. The summed E-state index contributed by atoms with van der Waals surface area (Å²) in [6, 6.07) is 23.2. The van der Waals surface area contributed by atoms with Crippen molar-refractivity contribution in [2.45, 2.75) is 9.79 Å². The molecule has 0 saturated carbocycles. The van der Waals surface area contributed by atoms with Crippen molar-refractivity contribution in [3.63, 3.8) is 0 Å². The summed E-state index contributed by atoms with van der Waals surface area (Å²) >= 11 is 0. The smallest absolute Gasteiger partial charge is 0.858 e. The predicted octanol–water partition coefficient (Wildman–Crippen LogP) is -2.63. The van der Waals surface area contributed by atoms with Crippen molar-refractivity contribution in [3.05, 3.63) is 108 Å². The van der Waals surface area contributed by atoms with Crippen molar-refractivity contribution >= 4 is 65.0 Å². The van der Waals surface area contributed by atoms with E-state index < -0.39 is 32.0 Å². The van der Waals surface area contributed by atoms with Crippen LogP contribution in [0.5, 0.6) is 0 Å². The number of fused-ring (bicyclic) bond motifs is 2. The van der Waals surface area contributed by atoms with Gasteiger partial charge in [-0.1, -0.05) is 54.6 Å². The molecule has 5 rings (SSSR count). The summed E-state index contributed by atoms with van der Waals surface area (Å²) in [6.07, 6.45) is 0. The standard InChI is InChI=1S/C28H20N2O8S2.2Na/c31-27(29-25-8-2-4-17-10-12-21(15-23(17)25)39(33,34)35)19-6-1-7-20(14-19)28(32)30-26-9-3-5-18-11-13-22(16-24(18)26)40(36,37)38;;/h1-16H,(H,29,31)(H,30,32)(H,33,34,35)(H,36,37,38);;/q;2*+1/p-2. The van der Waals surface area contributed by atoms with E-state index in [1.807, 2.05) is 0 Å². The molecule has 0 amide bonds. The van der Waals surface area contributed by atoms with E-state index in [9.17, 15) is 36.2 Å². The zero-order valence-electron chi connectivity index (χ0n) is 22.3. The molecule has 0 unspecified atom stereocenters. The summed E-state index contributed by atoms with van der Waals surface area (Å²) in [5.74, 6) is -1.41. The van der Waals surface area contributed by atoms with Crippen molar-refractivity contribution in [1.29, 1.82) is 0 Å². The third kappa shape index (κ3) is 7.47. The summed E-state index contributed by atoms with van der Waals surface area (Å²) in [5.41, 5.74) is 0.464. The van der Waals surface area contributed by atoms with E-state index in [-0.39, 0.29) is 91.4 Å². The summed E-state index contributed by atoms with van der Waals surface area (Å²) < 4.78 is 65.1. The van der Waals surface area contributed by atoms with E-state index in [1.165, 1.54) is 72.8 Å². The van der Waals surface area contributed by atoms with Gasteiger partial charge in [0.1, 0.15) is 0 Å². The first-order valence-corrected chi connectivity index (χ1v) is 14.4. The molecule has 42 heavy (non-hydrogen) atoms. The zero-order chi connectivity index (χ0) is 28.7. The van der Waals surface area contributed by atoms with E-state index >= 15 is 0 Å². The molecule has 0 radical (unpaired) electrons. The van der Waals surface area contributed by atoms with Crippen LogP contribution in [0.3, 0.4) is 0 Å². The second-order valence-corrected chi connectivity index (χ2v) is 11.5. The van der Waals surface area contributed by atoms with Gasteiger partial charge in [-0.3, -0.25) is 19.1 Å². The molecule has 0 bridgehead atoms. The summed E-state index contributed by atoms with van der Waals surface area (Å²) in [4.78, 5) is 7.51. The fourth-order valence-corrected chi connectivity index (χ4v) is 5.13. The van der Waals surface area contributed by atoms with Crippen LogP contribution in [0.2, 0.25) is 0 Å². The van der Waals surface area contributed by atoms with Gasteiger partial charge < -0.3 is 10.2 Å². The number of hydrogen-bond acceptors (Lipinski definition) is 8. The molecule has 0 atom stereocenters. The van der Waals surface area contributed by atoms with E-state index in [4.69, 9.17) is 0 Å². The third-order valence-corrected chi connectivity index (χ3v) is 7.76. The largest absolute Gasteiger partial charge is 1.00 e. The average molecular weight is 621 g/mol. The van der Waals surface area contributed by atoms with Crippen molar-refractivity contribution in [3.8, 4) is 0 Å². The predicted molar refractivity (Wildman–Crippen MR) is 146 cm³/mol. The van der Waals surface area contributed by atoms with Crippen LogP contribution in [0.25, 0.3) is 21.5 Å². The van der Waals surface area contributed by atoms with Gasteiger partial charge in [-0.05, 0) is 76.2 Å². The molecule has 14 heteroatoms. The Labute approximate surface area is 285 Å². The first kappa shape index (κ1) is 33.9. The van der Waals surface area contributed by atoms with Crippen LogP contribution in [0.4, 0.5) is 11.4 Å². The van der Waals surface area contributed by atoms with Gasteiger partial charge >= 0.3 is 59.1 Å². The minimum Gasteiger partial charge on any atom is -0.858 e. The number of benzene rings is 5. The molecule has 10 nitrogen and oxygen atoms in total. The van der Waals surface area contributed by atoms with Gasteiger partial charge in [0.2, 0.25) is 0 Å². The molecule has 0 aliphatic heterocycles. The number of aliphatic imine (C=N–C) groups is 2. The van der Waals surface area contributed by atoms with Gasteiger partial charge in [-0.25, -0.2) is 0 Å².